The third-order valence-electron chi connectivity index (χ3n) is 3.83. The lowest BCUT2D eigenvalue weighted by Gasteiger charge is -2.32. The van der Waals surface area contributed by atoms with Gasteiger partial charge in [0.2, 0.25) is 0 Å². The maximum atomic E-state index is 12.5. The van der Waals surface area contributed by atoms with Gasteiger partial charge in [0, 0.05) is 18.8 Å². The Bertz CT molecular complexity index is 423. The number of nitrogens with zero attached hydrogens (tertiary/aromatic N) is 1. The molecule has 1 aromatic carbocycles. The molecule has 1 heterocycles. The Balaban J connectivity index is 1.69. The van der Waals surface area contributed by atoms with Gasteiger partial charge >= 0.3 is 6.18 Å². The molecule has 1 fully saturated rings. The molecule has 0 bridgehead atoms. The number of aryl methyl sites for hydroxylation is 1. The van der Waals surface area contributed by atoms with Crippen LogP contribution in [-0.2, 0) is 0 Å². The summed E-state index contributed by atoms with van der Waals surface area (Å²) in [5.74, 6) is -1.11. The molecule has 5 heteroatoms. The Morgan fingerprint density at radius 3 is 2.55 bits per heavy atom. The second-order valence-corrected chi connectivity index (χ2v) is 5.45. The smallest absolute Gasteiger partial charge is 0.384 e. The average molecular weight is 286 g/mol. The highest BCUT2D eigenvalue weighted by atomic mass is 19.4. The Hall–Kier alpha value is -1.23. The molecule has 0 aliphatic carbocycles. The molecule has 112 valence electrons. The summed E-state index contributed by atoms with van der Waals surface area (Å²) in [4.78, 5) is 2.10. The van der Waals surface area contributed by atoms with Crippen molar-refractivity contribution >= 4 is 5.69 Å². The van der Waals surface area contributed by atoms with Crippen LogP contribution in [0, 0.1) is 12.8 Å². The topological polar surface area (TPSA) is 15.3 Å². The number of rotatable bonds is 4. The quantitative estimate of drug-likeness (QED) is 0.908. The van der Waals surface area contributed by atoms with E-state index in [1.54, 1.807) is 0 Å². The molecule has 0 aromatic heterocycles. The van der Waals surface area contributed by atoms with Crippen LogP contribution in [0.5, 0.6) is 0 Å². The molecule has 20 heavy (non-hydrogen) atoms. The molecule has 0 amide bonds. The minimum absolute atomic E-state index is 0.230. The highest BCUT2D eigenvalue weighted by Crippen LogP contribution is 2.33. The van der Waals surface area contributed by atoms with Crippen molar-refractivity contribution in [3.8, 4) is 0 Å². The van der Waals surface area contributed by atoms with Crippen molar-refractivity contribution in [1.29, 1.82) is 0 Å². The third-order valence-corrected chi connectivity index (χ3v) is 3.83. The number of hydrogen-bond donors (Lipinski definition) is 1. The monoisotopic (exact) mass is 286 g/mol. The van der Waals surface area contributed by atoms with Crippen LogP contribution < -0.4 is 5.32 Å². The lowest BCUT2D eigenvalue weighted by Crippen LogP contribution is -2.40. The highest BCUT2D eigenvalue weighted by Gasteiger charge is 2.40. The molecule has 0 atom stereocenters. The summed E-state index contributed by atoms with van der Waals surface area (Å²) >= 11 is 0. The van der Waals surface area contributed by atoms with Crippen molar-refractivity contribution in [2.24, 2.45) is 5.92 Å². The van der Waals surface area contributed by atoms with Crippen LogP contribution in [0.25, 0.3) is 0 Å². The fourth-order valence-electron chi connectivity index (χ4n) is 2.60. The van der Waals surface area contributed by atoms with Gasteiger partial charge in [-0.25, -0.2) is 0 Å². The van der Waals surface area contributed by atoms with Gasteiger partial charge < -0.3 is 10.2 Å². The molecule has 1 aliphatic rings. The lowest BCUT2D eigenvalue weighted by atomic mass is 9.96. The predicted molar refractivity (Wildman–Crippen MR) is 74.9 cm³/mol. The zero-order chi connectivity index (χ0) is 14.6. The molecule has 0 radical (unpaired) electrons. The minimum Gasteiger partial charge on any atom is -0.384 e. The summed E-state index contributed by atoms with van der Waals surface area (Å²) in [6.45, 7) is 4.67. The van der Waals surface area contributed by atoms with E-state index < -0.39 is 12.1 Å². The number of hydrogen-bond acceptors (Lipinski definition) is 2. The zero-order valence-electron chi connectivity index (χ0n) is 11.7. The first kappa shape index (κ1) is 15.2. The van der Waals surface area contributed by atoms with Crippen molar-refractivity contribution in [3.63, 3.8) is 0 Å². The highest BCUT2D eigenvalue weighted by molar-refractivity contribution is 5.45. The van der Waals surface area contributed by atoms with E-state index in [0.717, 1.165) is 18.8 Å². The summed E-state index contributed by atoms with van der Waals surface area (Å²) in [5.41, 5.74) is 2.26. The van der Waals surface area contributed by atoms with Gasteiger partial charge in [0.05, 0.1) is 5.92 Å². The van der Waals surface area contributed by atoms with Crippen LogP contribution in [0.1, 0.15) is 18.4 Å². The van der Waals surface area contributed by atoms with Crippen molar-refractivity contribution in [2.75, 3.05) is 31.5 Å². The zero-order valence-corrected chi connectivity index (χ0v) is 11.7. The van der Waals surface area contributed by atoms with E-state index in [9.17, 15) is 13.2 Å². The van der Waals surface area contributed by atoms with Gasteiger partial charge in [-0.2, -0.15) is 13.2 Å². The van der Waals surface area contributed by atoms with Crippen LogP contribution in [0.2, 0.25) is 0 Å². The predicted octanol–water partition coefficient (Wildman–Crippen LogP) is 3.68. The number of nitrogens with one attached hydrogen (secondary N) is 1. The number of anilines is 1. The Labute approximate surface area is 118 Å². The van der Waals surface area contributed by atoms with E-state index in [1.807, 2.05) is 25.1 Å². The largest absolute Gasteiger partial charge is 0.391 e. The Kier molecular flexibility index (Phi) is 4.91. The normalized spacial score (nSPS) is 18.2. The van der Waals surface area contributed by atoms with E-state index in [2.05, 4.69) is 16.3 Å². The molecule has 1 saturated heterocycles. The van der Waals surface area contributed by atoms with E-state index in [0.29, 0.717) is 13.1 Å². The first-order valence-electron chi connectivity index (χ1n) is 7.05. The minimum atomic E-state index is -4.02. The van der Waals surface area contributed by atoms with Gasteiger partial charge in [-0.05, 0) is 50.6 Å². The first-order chi connectivity index (χ1) is 9.45. The number of halogens is 3. The standard InChI is InChI=1S/C15H21F3N2/c1-12-3-2-4-14(11-12)19-7-10-20-8-5-13(6-9-20)15(16,17)18/h2-4,11,13,19H,5-10H2,1H3. The van der Waals surface area contributed by atoms with Gasteiger partial charge in [0.1, 0.15) is 0 Å². The van der Waals surface area contributed by atoms with Gasteiger partial charge in [-0.1, -0.05) is 12.1 Å². The maximum Gasteiger partial charge on any atom is 0.391 e. The lowest BCUT2D eigenvalue weighted by molar-refractivity contribution is -0.184. The van der Waals surface area contributed by atoms with Crippen molar-refractivity contribution in [3.05, 3.63) is 29.8 Å². The van der Waals surface area contributed by atoms with Crippen molar-refractivity contribution in [1.82, 2.24) is 4.90 Å². The average Bonchev–Trinajstić information content (AvgIpc) is 2.38. The van der Waals surface area contributed by atoms with Gasteiger partial charge in [0.25, 0.3) is 0 Å². The number of alkyl halides is 3. The van der Waals surface area contributed by atoms with Crippen molar-refractivity contribution in [2.45, 2.75) is 25.9 Å². The molecule has 2 nitrogen and oxygen atoms in total. The summed E-state index contributed by atoms with van der Waals surface area (Å²) in [5, 5.41) is 3.31. The van der Waals surface area contributed by atoms with E-state index in [1.165, 1.54) is 5.56 Å². The van der Waals surface area contributed by atoms with E-state index in [-0.39, 0.29) is 12.8 Å². The summed E-state index contributed by atoms with van der Waals surface area (Å²) < 4.78 is 37.6. The fraction of sp³-hybridized carbons (Fsp3) is 0.600. The second-order valence-electron chi connectivity index (χ2n) is 5.45. The molecule has 2 rings (SSSR count). The molecular weight excluding hydrogens is 265 g/mol. The maximum absolute atomic E-state index is 12.5. The van der Waals surface area contributed by atoms with Gasteiger partial charge in [0.15, 0.2) is 0 Å². The first-order valence-corrected chi connectivity index (χ1v) is 7.05. The van der Waals surface area contributed by atoms with Crippen LogP contribution in [0.4, 0.5) is 18.9 Å². The molecular formula is C15H21F3N2. The molecule has 0 spiro atoms. The number of likely N-dealkylation sites (tertiary alicyclic amines) is 1. The third kappa shape index (κ3) is 4.40. The molecule has 1 N–H and O–H groups in total. The van der Waals surface area contributed by atoms with E-state index >= 15 is 0 Å². The summed E-state index contributed by atoms with van der Waals surface area (Å²) in [6.07, 6.45) is -3.56. The molecule has 0 saturated carbocycles. The van der Waals surface area contributed by atoms with Gasteiger partial charge in [-0.15, -0.1) is 0 Å². The van der Waals surface area contributed by atoms with Gasteiger partial charge in [-0.3, -0.25) is 0 Å². The molecule has 1 aliphatic heterocycles. The second kappa shape index (κ2) is 6.48. The van der Waals surface area contributed by atoms with Crippen LogP contribution in [0.3, 0.4) is 0 Å². The number of benzene rings is 1. The van der Waals surface area contributed by atoms with Crippen LogP contribution in [0.15, 0.2) is 24.3 Å². The molecule has 0 unspecified atom stereocenters. The van der Waals surface area contributed by atoms with Crippen LogP contribution in [-0.4, -0.2) is 37.3 Å². The Morgan fingerprint density at radius 2 is 1.95 bits per heavy atom. The Morgan fingerprint density at radius 1 is 1.25 bits per heavy atom. The SMILES string of the molecule is Cc1cccc(NCCN2CCC(C(F)(F)F)CC2)c1. The summed E-state index contributed by atoms with van der Waals surface area (Å²) in [7, 11) is 0. The van der Waals surface area contributed by atoms with E-state index in [4.69, 9.17) is 0 Å². The fourth-order valence-corrected chi connectivity index (χ4v) is 2.60. The summed E-state index contributed by atoms with van der Waals surface area (Å²) in [6, 6.07) is 8.10. The van der Waals surface area contributed by atoms with Crippen molar-refractivity contribution < 1.29 is 13.2 Å². The molecule has 1 aromatic rings. The number of piperidine rings is 1. The van der Waals surface area contributed by atoms with Crippen LogP contribution >= 0.6 is 0 Å².